The Balaban J connectivity index is 1.82. The van der Waals surface area contributed by atoms with Crippen LogP contribution in [0.5, 0.6) is 0 Å². The highest BCUT2D eigenvalue weighted by Gasteiger charge is 2.66. The van der Waals surface area contributed by atoms with Crippen LogP contribution in [0.25, 0.3) is 11.0 Å². The van der Waals surface area contributed by atoms with Crippen molar-refractivity contribution in [3.05, 3.63) is 36.1 Å². The van der Waals surface area contributed by atoms with Gasteiger partial charge in [0.2, 0.25) is 0 Å². The van der Waals surface area contributed by atoms with Crippen molar-refractivity contribution in [1.29, 1.82) is 0 Å². The van der Waals surface area contributed by atoms with Gasteiger partial charge in [0, 0.05) is 18.9 Å². The fourth-order valence-corrected chi connectivity index (χ4v) is 4.78. The predicted octanol–water partition coefficient (Wildman–Crippen LogP) is 3.11. The molecule has 0 aliphatic heterocycles. The van der Waals surface area contributed by atoms with Crippen LogP contribution in [-0.4, -0.2) is 36.0 Å². The van der Waals surface area contributed by atoms with Crippen molar-refractivity contribution in [2.45, 2.75) is 23.7 Å². The summed E-state index contributed by atoms with van der Waals surface area (Å²) >= 11 is 3.06. The number of para-hydroxylation sites is 1. The maximum absolute atomic E-state index is 13.3. The van der Waals surface area contributed by atoms with Crippen LogP contribution in [0, 0.1) is 5.92 Å². The van der Waals surface area contributed by atoms with Gasteiger partial charge in [-0.05, 0) is 13.0 Å². The highest BCUT2D eigenvalue weighted by molar-refractivity contribution is 9.10. The summed E-state index contributed by atoms with van der Waals surface area (Å²) in [5.74, 6) is -5.01. The van der Waals surface area contributed by atoms with Gasteiger partial charge in [0.15, 0.2) is 0 Å². The zero-order valence-corrected chi connectivity index (χ0v) is 15.7. The molecule has 2 atom stereocenters. The smallest absolute Gasteiger partial charge is 0.305 e. The van der Waals surface area contributed by atoms with Crippen LogP contribution in [0.4, 0.5) is 8.78 Å². The molecule has 1 heterocycles. The summed E-state index contributed by atoms with van der Waals surface area (Å²) in [5.41, 5.74) is 0.474. The summed E-state index contributed by atoms with van der Waals surface area (Å²) in [5, 5.41) is 0.452. The van der Waals surface area contributed by atoms with Crippen LogP contribution >= 0.6 is 15.9 Å². The van der Waals surface area contributed by atoms with E-state index in [1.807, 2.05) is 4.72 Å². The second-order valence-electron chi connectivity index (χ2n) is 6.09. The molecule has 1 aromatic heterocycles. The number of rotatable bonds is 5. The van der Waals surface area contributed by atoms with Crippen LogP contribution in [0.3, 0.4) is 0 Å². The summed E-state index contributed by atoms with van der Waals surface area (Å²) in [6, 6.07) is 6.64. The van der Waals surface area contributed by atoms with Crippen molar-refractivity contribution in [2.24, 2.45) is 5.92 Å². The molecule has 10 heteroatoms. The molecule has 1 aliphatic carbocycles. The van der Waals surface area contributed by atoms with E-state index in [1.165, 1.54) is 6.92 Å². The first-order chi connectivity index (χ1) is 11.5. The van der Waals surface area contributed by atoms with Gasteiger partial charge in [-0.3, -0.25) is 4.79 Å². The molecule has 1 aliphatic rings. The molecule has 2 unspecified atom stereocenters. The molecule has 1 saturated carbocycles. The van der Waals surface area contributed by atoms with E-state index in [-0.39, 0.29) is 5.56 Å². The summed E-state index contributed by atoms with van der Waals surface area (Å²) in [7, 11) is -3.22. The largest absolute Gasteiger partial charge is 0.463 e. The zero-order chi connectivity index (χ0) is 18.6. The topological polar surface area (TPSA) is 79.6 Å². The fraction of sp³-hybridized carbons (Fsp3) is 0.400. The van der Waals surface area contributed by atoms with Gasteiger partial charge in [0.25, 0.3) is 11.8 Å². The molecule has 2 aromatic rings. The lowest BCUT2D eigenvalue weighted by molar-refractivity contribution is 0.0805. The Morgan fingerprint density at radius 2 is 2.04 bits per heavy atom. The van der Waals surface area contributed by atoms with Crippen LogP contribution < -0.4 is 4.72 Å². The van der Waals surface area contributed by atoms with E-state index in [0.29, 0.717) is 15.3 Å². The number of amides is 1. The molecule has 25 heavy (non-hydrogen) atoms. The summed E-state index contributed by atoms with van der Waals surface area (Å²) in [6.45, 7) is 1.33. The van der Waals surface area contributed by atoms with Gasteiger partial charge in [-0.2, -0.15) is 12.7 Å². The highest BCUT2D eigenvalue weighted by Crippen LogP contribution is 2.58. The molecule has 6 nitrogen and oxygen atoms in total. The molecule has 0 spiro atoms. The minimum absolute atomic E-state index is 0.0422. The Labute approximate surface area is 151 Å². The molecule has 1 amide bonds. The van der Waals surface area contributed by atoms with Crippen molar-refractivity contribution < 1.29 is 26.4 Å². The number of carbonyl (C=O) groups is 1. The van der Waals surface area contributed by atoms with Gasteiger partial charge in [-0.15, -0.1) is 0 Å². The number of hydrogen-bond acceptors (Lipinski definition) is 4. The minimum Gasteiger partial charge on any atom is -0.463 e. The molecule has 1 fully saturated rings. The third-order valence-corrected chi connectivity index (χ3v) is 7.25. The first-order valence-electron chi connectivity index (χ1n) is 7.31. The molecule has 0 saturated heterocycles. The predicted molar refractivity (Wildman–Crippen MR) is 90.7 cm³/mol. The summed E-state index contributed by atoms with van der Waals surface area (Å²) < 4.78 is 57.9. The Kier molecular flexibility index (Phi) is 4.20. The number of halogens is 3. The Bertz CT molecular complexity index is 942. The van der Waals surface area contributed by atoms with E-state index in [0.717, 1.165) is 13.3 Å². The van der Waals surface area contributed by atoms with Gasteiger partial charge >= 0.3 is 10.2 Å². The van der Waals surface area contributed by atoms with Gasteiger partial charge in [-0.1, -0.05) is 34.1 Å². The molecule has 136 valence electrons. The average Bonchev–Trinajstić information content (AvgIpc) is 2.98. The van der Waals surface area contributed by atoms with Crippen molar-refractivity contribution >= 4 is 43.0 Å². The number of fused-ring (bicyclic) bond motifs is 1. The van der Waals surface area contributed by atoms with E-state index >= 15 is 0 Å². The van der Waals surface area contributed by atoms with E-state index in [2.05, 4.69) is 15.9 Å². The van der Waals surface area contributed by atoms with Gasteiger partial charge in [0.05, 0.1) is 15.9 Å². The molecule has 0 bridgehead atoms. The van der Waals surface area contributed by atoms with Crippen molar-refractivity contribution in [2.75, 3.05) is 7.05 Å². The summed E-state index contributed by atoms with van der Waals surface area (Å²) in [4.78, 5) is 12.3. The molecule has 0 radical (unpaired) electrons. The van der Waals surface area contributed by atoms with Crippen LogP contribution in [-0.2, 0) is 10.2 Å². The standard InChI is InChI=1S/C15H15BrF2N2O4S/c1-14(16,12-7-15(12,17)18)20(2)25(22,23)19-13(21)10-8-24-11-6-4-3-5-9(10)11/h3-6,8,12H,7H2,1-2H3,(H,19,21). The van der Waals surface area contributed by atoms with Crippen molar-refractivity contribution in [1.82, 2.24) is 9.03 Å². The molecular weight excluding hydrogens is 422 g/mol. The third-order valence-electron chi connectivity index (χ3n) is 4.39. The number of nitrogens with zero attached hydrogens (tertiary/aromatic N) is 1. The molecule has 1 aromatic carbocycles. The van der Waals surface area contributed by atoms with Crippen molar-refractivity contribution in [3.63, 3.8) is 0 Å². The molecule has 3 rings (SSSR count). The van der Waals surface area contributed by atoms with Crippen LogP contribution in [0.15, 0.2) is 34.9 Å². The number of alkyl halides is 3. The molecular formula is C15H15BrF2N2O4S. The zero-order valence-electron chi connectivity index (χ0n) is 13.3. The van der Waals surface area contributed by atoms with E-state index in [9.17, 15) is 22.0 Å². The maximum atomic E-state index is 13.3. The first kappa shape index (κ1) is 18.3. The SMILES string of the molecule is CN(C(C)(Br)C1CC1(F)F)S(=O)(=O)NC(=O)c1coc2ccccc12. The van der Waals surface area contributed by atoms with E-state index in [1.54, 1.807) is 24.3 Å². The van der Waals surface area contributed by atoms with Gasteiger partial charge in [0.1, 0.15) is 11.8 Å². The second-order valence-corrected chi connectivity index (χ2v) is 9.40. The van der Waals surface area contributed by atoms with Gasteiger partial charge in [-0.25, -0.2) is 13.5 Å². The van der Waals surface area contributed by atoms with E-state index < -0.39 is 38.8 Å². The lowest BCUT2D eigenvalue weighted by Crippen LogP contribution is -2.51. The third kappa shape index (κ3) is 3.18. The maximum Gasteiger partial charge on any atom is 0.305 e. The average molecular weight is 437 g/mol. The number of carbonyl (C=O) groups excluding carboxylic acids is 1. The Hall–Kier alpha value is -1.52. The lowest BCUT2D eigenvalue weighted by Gasteiger charge is -2.32. The normalized spacial score (nSPS) is 21.9. The number of nitrogens with one attached hydrogen (secondary N) is 1. The number of benzene rings is 1. The highest BCUT2D eigenvalue weighted by atomic mass is 79.9. The number of hydrogen-bond donors (Lipinski definition) is 1. The quantitative estimate of drug-likeness (QED) is 0.576. The van der Waals surface area contributed by atoms with Crippen LogP contribution in [0.1, 0.15) is 23.7 Å². The Morgan fingerprint density at radius 1 is 1.44 bits per heavy atom. The van der Waals surface area contributed by atoms with Gasteiger partial charge < -0.3 is 4.42 Å². The minimum atomic E-state index is -4.36. The van der Waals surface area contributed by atoms with Crippen molar-refractivity contribution in [3.8, 4) is 0 Å². The monoisotopic (exact) mass is 436 g/mol. The Morgan fingerprint density at radius 3 is 2.64 bits per heavy atom. The summed E-state index contributed by atoms with van der Waals surface area (Å²) in [6.07, 6.45) is 0.729. The fourth-order valence-electron chi connectivity index (χ4n) is 2.63. The van der Waals surface area contributed by atoms with Crippen LogP contribution in [0.2, 0.25) is 0 Å². The second kappa shape index (κ2) is 5.75. The number of furan rings is 1. The first-order valence-corrected chi connectivity index (χ1v) is 9.54. The van der Waals surface area contributed by atoms with E-state index in [4.69, 9.17) is 4.42 Å². The molecule has 1 N–H and O–H groups in total. The lowest BCUT2D eigenvalue weighted by atomic mass is 10.2.